The van der Waals surface area contributed by atoms with Crippen LogP contribution < -0.4 is 19.5 Å². The van der Waals surface area contributed by atoms with Gasteiger partial charge in [0.25, 0.3) is 5.91 Å². The van der Waals surface area contributed by atoms with Crippen LogP contribution in [0.5, 0.6) is 17.2 Å². The maximum Gasteiger partial charge on any atom is 0.349 e. The van der Waals surface area contributed by atoms with Gasteiger partial charge in [-0.3, -0.25) is 4.79 Å². The van der Waals surface area contributed by atoms with Crippen molar-refractivity contribution in [1.29, 1.82) is 5.26 Å². The molecule has 162 valence electrons. The van der Waals surface area contributed by atoms with Crippen molar-refractivity contribution in [3.63, 3.8) is 0 Å². The van der Waals surface area contributed by atoms with Crippen molar-refractivity contribution in [2.45, 2.75) is 19.8 Å². The molecule has 0 saturated heterocycles. The van der Waals surface area contributed by atoms with Crippen LogP contribution in [0.1, 0.15) is 25.3 Å². The predicted octanol–water partition coefficient (Wildman–Crippen LogP) is 4.16. The molecule has 1 amide bonds. The topological polar surface area (TPSA) is 97.7 Å². The minimum atomic E-state index is -0.630. The number of carbonyl (C=O) groups excluding carboxylic acids is 2. The van der Waals surface area contributed by atoms with Crippen molar-refractivity contribution in [3.05, 3.63) is 58.6 Å². The summed E-state index contributed by atoms with van der Waals surface area (Å²) in [6.45, 7) is 2.20. The first-order valence-corrected chi connectivity index (χ1v) is 10.0. The van der Waals surface area contributed by atoms with Crippen LogP contribution in [-0.4, -0.2) is 32.1 Å². The highest BCUT2D eigenvalue weighted by atomic mass is 35.5. The number of amides is 1. The van der Waals surface area contributed by atoms with Crippen molar-refractivity contribution in [2.75, 3.05) is 20.3 Å². The van der Waals surface area contributed by atoms with Crippen LogP contribution in [0.3, 0.4) is 0 Å². The van der Waals surface area contributed by atoms with Crippen LogP contribution in [0.4, 0.5) is 0 Å². The zero-order chi connectivity index (χ0) is 22.6. The second-order valence-electron chi connectivity index (χ2n) is 6.41. The Morgan fingerprint density at radius 1 is 1.19 bits per heavy atom. The van der Waals surface area contributed by atoms with Gasteiger partial charge in [-0.05, 0) is 48.4 Å². The number of hydrogen-bond acceptors (Lipinski definition) is 6. The van der Waals surface area contributed by atoms with Crippen LogP contribution in [-0.2, 0) is 9.59 Å². The maximum atomic E-state index is 12.1. The molecule has 0 aromatic heterocycles. The third-order valence-corrected chi connectivity index (χ3v) is 4.29. The number of halogens is 1. The van der Waals surface area contributed by atoms with Gasteiger partial charge < -0.3 is 19.5 Å². The predicted molar refractivity (Wildman–Crippen MR) is 117 cm³/mol. The third-order valence-electron chi connectivity index (χ3n) is 4.06. The number of unbranched alkanes of at least 4 members (excludes halogenated alkanes) is 1. The van der Waals surface area contributed by atoms with Gasteiger partial charge in [0.2, 0.25) is 0 Å². The molecule has 0 aliphatic heterocycles. The minimum Gasteiger partial charge on any atom is -0.493 e. The molecule has 0 unspecified atom stereocenters. The highest BCUT2D eigenvalue weighted by Gasteiger charge is 2.13. The molecular formula is C23H23ClN2O5. The van der Waals surface area contributed by atoms with Gasteiger partial charge in [0.15, 0.2) is 18.1 Å². The normalized spacial score (nSPS) is 10.7. The van der Waals surface area contributed by atoms with E-state index in [-0.39, 0.29) is 23.7 Å². The second-order valence-corrected chi connectivity index (χ2v) is 6.85. The summed E-state index contributed by atoms with van der Waals surface area (Å²) in [5.74, 6) is -0.171. The van der Waals surface area contributed by atoms with Gasteiger partial charge >= 0.3 is 5.97 Å². The van der Waals surface area contributed by atoms with Gasteiger partial charge in [0, 0.05) is 11.6 Å². The molecule has 8 heteroatoms. The van der Waals surface area contributed by atoms with Gasteiger partial charge in [-0.2, -0.15) is 5.26 Å². The number of nitrogens with zero attached hydrogens (tertiary/aromatic N) is 1. The SMILES string of the molecule is CCCCNC(=O)/C(C#N)=C/c1ccc(OC(=O)COc2cccc(Cl)c2)c(OC)c1. The second kappa shape index (κ2) is 12.3. The molecule has 0 aliphatic rings. The van der Waals surface area contributed by atoms with Gasteiger partial charge in [-0.1, -0.05) is 37.1 Å². The van der Waals surface area contributed by atoms with Gasteiger partial charge in [-0.15, -0.1) is 0 Å². The first kappa shape index (κ1) is 23.8. The first-order valence-electron chi connectivity index (χ1n) is 9.64. The Labute approximate surface area is 186 Å². The number of benzene rings is 2. The van der Waals surface area contributed by atoms with E-state index >= 15 is 0 Å². The number of nitrogens with one attached hydrogen (secondary N) is 1. The molecule has 2 rings (SSSR count). The monoisotopic (exact) mass is 442 g/mol. The van der Waals surface area contributed by atoms with E-state index in [1.807, 2.05) is 13.0 Å². The summed E-state index contributed by atoms with van der Waals surface area (Å²) in [6.07, 6.45) is 3.21. The van der Waals surface area contributed by atoms with E-state index in [2.05, 4.69) is 5.32 Å². The third kappa shape index (κ3) is 7.68. The molecule has 31 heavy (non-hydrogen) atoms. The fraction of sp³-hybridized carbons (Fsp3) is 0.261. The van der Waals surface area contributed by atoms with Crippen LogP contribution in [0, 0.1) is 11.3 Å². The van der Waals surface area contributed by atoms with Crippen molar-refractivity contribution >= 4 is 29.6 Å². The minimum absolute atomic E-state index is 0.0298. The fourth-order valence-electron chi connectivity index (χ4n) is 2.50. The molecule has 0 radical (unpaired) electrons. The van der Waals surface area contributed by atoms with Crippen LogP contribution in [0.25, 0.3) is 6.08 Å². The molecular weight excluding hydrogens is 420 g/mol. The Balaban J connectivity index is 2.05. The molecule has 0 saturated carbocycles. The Hall–Kier alpha value is -3.50. The van der Waals surface area contributed by atoms with Crippen LogP contribution in [0.2, 0.25) is 5.02 Å². The summed E-state index contributed by atoms with van der Waals surface area (Å²) in [7, 11) is 1.42. The van der Waals surface area contributed by atoms with E-state index in [0.717, 1.165) is 12.8 Å². The lowest BCUT2D eigenvalue weighted by Gasteiger charge is -2.11. The summed E-state index contributed by atoms with van der Waals surface area (Å²) in [5, 5.41) is 12.5. The zero-order valence-electron chi connectivity index (χ0n) is 17.3. The lowest BCUT2D eigenvalue weighted by atomic mass is 10.1. The maximum absolute atomic E-state index is 12.1. The lowest BCUT2D eigenvalue weighted by Crippen LogP contribution is -2.25. The van der Waals surface area contributed by atoms with Crippen molar-refractivity contribution in [3.8, 4) is 23.3 Å². The van der Waals surface area contributed by atoms with Crippen molar-refractivity contribution in [1.82, 2.24) is 5.32 Å². The average Bonchev–Trinajstić information content (AvgIpc) is 2.77. The number of carbonyl (C=O) groups is 2. The standard InChI is InChI=1S/C23H23ClN2O5/c1-3-4-10-26-23(28)17(14-25)11-16-8-9-20(21(12-16)29-2)31-22(27)15-30-19-7-5-6-18(24)13-19/h5-9,11-13H,3-4,10,15H2,1-2H3,(H,26,28)/b17-11+. The fourth-order valence-corrected chi connectivity index (χ4v) is 2.68. The van der Waals surface area contributed by atoms with Gasteiger partial charge in [0.1, 0.15) is 17.4 Å². The summed E-state index contributed by atoms with van der Waals surface area (Å²) >= 11 is 5.88. The Kier molecular flexibility index (Phi) is 9.40. The number of nitriles is 1. The summed E-state index contributed by atoms with van der Waals surface area (Å²) in [5.41, 5.74) is 0.520. The number of methoxy groups -OCH3 is 1. The molecule has 7 nitrogen and oxygen atoms in total. The molecule has 2 aromatic carbocycles. The molecule has 0 bridgehead atoms. The molecule has 0 atom stereocenters. The summed E-state index contributed by atoms with van der Waals surface area (Å²) in [6, 6.07) is 13.3. The summed E-state index contributed by atoms with van der Waals surface area (Å²) < 4.78 is 15.9. The lowest BCUT2D eigenvalue weighted by molar-refractivity contribution is -0.136. The van der Waals surface area contributed by atoms with E-state index < -0.39 is 11.9 Å². The molecule has 1 N–H and O–H groups in total. The number of hydrogen-bond donors (Lipinski definition) is 1. The Morgan fingerprint density at radius 2 is 2.00 bits per heavy atom. The average molecular weight is 443 g/mol. The van der Waals surface area contributed by atoms with E-state index in [0.29, 0.717) is 22.9 Å². The molecule has 0 aliphatic carbocycles. The number of esters is 1. The number of ether oxygens (including phenoxy) is 3. The van der Waals surface area contributed by atoms with Crippen molar-refractivity contribution < 1.29 is 23.8 Å². The van der Waals surface area contributed by atoms with E-state index in [4.69, 9.17) is 25.8 Å². The highest BCUT2D eigenvalue weighted by Crippen LogP contribution is 2.29. The molecule has 2 aromatic rings. The first-order chi connectivity index (χ1) is 15.0. The highest BCUT2D eigenvalue weighted by molar-refractivity contribution is 6.30. The quantitative estimate of drug-likeness (QED) is 0.195. The van der Waals surface area contributed by atoms with Crippen LogP contribution in [0.15, 0.2) is 48.0 Å². The van der Waals surface area contributed by atoms with Crippen LogP contribution >= 0.6 is 11.6 Å². The van der Waals surface area contributed by atoms with E-state index in [9.17, 15) is 14.9 Å². The smallest absolute Gasteiger partial charge is 0.349 e. The van der Waals surface area contributed by atoms with E-state index in [1.54, 1.807) is 36.4 Å². The zero-order valence-corrected chi connectivity index (χ0v) is 18.1. The van der Waals surface area contributed by atoms with Gasteiger partial charge in [-0.25, -0.2) is 4.79 Å². The summed E-state index contributed by atoms with van der Waals surface area (Å²) in [4.78, 5) is 24.2. The van der Waals surface area contributed by atoms with E-state index in [1.165, 1.54) is 19.3 Å². The number of rotatable bonds is 10. The Morgan fingerprint density at radius 3 is 2.68 bits per heavy atom. The molecule has 0 spiro atoms. The largest absolute Gasteiger partial charge is 0.493 e. The Bertz CT molecular complexity index is 998. The molecule has 0 heterocycles. The molecule has 0 fully saturated rings. The van der Waals surface area contributed by atoms with Crippen molar-refractivity contribution in [2.24, 2.45) is 0 Å². The van der Waals surface area contributed by atoms with Gasteiger partial charge in [0.05, 0.1) is 7.11 Å².